The molecule has 0 unspecified atom stereocenters. The van der Waals surface area contributed by atoms with E-state index in [1.54, 1.807) is 23.1 Å². The fourth-order valence-electron chi connectivity index (χ4n) is 2.66. The van der Waals surface area contributed by atoms with Crippen molar-refractivity contribution in [2.24, 2.45) is 4.99 Å². The van der Waals surface area contributed by atoms with Gasteiger partial charge in [-0.1, -0.05) is 35.0 Å². The summed E-state index contributed by atoms with van der Waals surface area (Å²) < 4.78 is 23.8. The Bertz CT molecular complexity index is 798. The molecule has 1 amide bonds. The number of hydrogen-bond acceptors (Lipinski definition) is 4. The number of carbonyl (C=O) groups excluding carboxylic acids is 1. The van der Waals surface area contributed by atoms with Crippen LogP contribution in [-0.2, 0) is 14.6 Å². The normalized spacial score (nSPS) is 27.4. The summed E-state index contributed by atoms with van der Waals surface area (Å²) in [7, 11) is -3.12. The van der Waals surface area contributed by atoms with Gasteiger partial charge in [-0.05, 0) is 18.2 Å². The number of nitrogens with zero attached hydrogens (tertiary/aromatic N) is 2. The molecular weight excluding hydrogens is 403 g/mol. The van der Waals surface area contributed by atoms with Gasteiger partial charge in [-0.25, -0.2) is 8.42 Å². The molecule has 3 rings (SSSR count). The van der Waals surface area contributed by atoms with Crippen molar-refractivity contribution in [3.05, 3.63) is 28.2 Å². The second-order valence-electron chi connectivity index (χ2n) is 5.19. The van der Waals surface area contributed by atoms with Crippen LogP contribution in [0, 0.1) is 0 Å². The van der Waals surface area contributed by atoms with E-state index >= 15 is 0 Å². The molecule has 2 aliphatic rings. The van der Waals surface area contributed by atoms with Crippen LogP contribution >= 0.6 is 46.6 Å². The Morgan fingerprint density at radius 1 is 1.35 bits per heavy atom. The molecule has 5 nitrogen and oxygen atoms in total. The van der Waals surface area contributed by atoms with Gasteiger partial charge in [0.15, 0.2) is 15.0 Å². The summed E-state index contributed by atoms with van der Waals surface area (Å²) in [6, 6.07) is 4.61. The Kier molecular flexibility index (Phi) is 4.86. The van der Waals surface area contributed by atoms with Crippen molar-refractivity contribution in [3.8, 4) is 0 Å². The smallest absolute Gasteiger partial charge is 0.262 e. The number of benzene rings is 1. The lowest BCUT2D eigenvalue weighted by Gasteiger charge is -2.25. The third-order valence-electron chi connectivity index (χ3n) is 3.57. The van der Waals surface area contributed by atoms with Gasteiger partial charge in [-0.2, -0.15) is 4.99 Å². The van der Waals surface area contributed by atoms with Crippen molar-refractivity contribution in [1.82, 2.24) is 0 Å². The molecule has 0 aliphatic carbocycles. The number of fused-ring (bicyclic) bond motifs is 1. The van der Waals surface area contributed by atoms with Gasteiger partial charge in [0.05, 0.1) is 28.3 Å². The quantitative estimate of drug-likeness (QED) is 0.698. The maximum atomic E-state index is 11.9. The number of aliphatic imine (C=N–C) groups is 1. The van der Waals surface area contributed by atoms with E-state index in [1.165, 1.54) is 11.8 Å². The molecule has 0 saturated carbocycles. The summed E-state index contributed by atoms with van der Waals surface area (Å²) in [5, 5.41) is 1.07. The lowest BCUT2D eigenvalue weighted by Crippen LogP contribution is -2.38. The van der Waals surface area contributed by atoms with Crippen molar-refractivity contribution in [1.29, 1.82) is 0 Å². The predicted octanol–water partition coefficient (Wildman–Crippen LogP) is 2.83. The number of alkyl halides is 1. The number of amides is 1. The van der Waals surface area contributed by atoms with Crippen LogP contribution in [0.2, 0.25) is 10.0 Å². The molecule has 2 saturated heterocycles. The van der Waals surface area contributed by atoms with Crippen molar-refractivity contribution in [3.63, 3.8) is 0 Å². The van der Waals surface area contributed by atoms with Crippen molar-refractivity contribution in [2.45, 2.75) is 11.3 Å². The van der Waals surface area contributed by atoms with E-state index in [0.29, 0.717) is 20.9 Å². The molecular formula is C13H11Cl3N2O3S2. The largest absolute Gasteiger partial charge is 0.314 e. The van der Waals surface area contributed by atoms with Gasteiger partial charge >= 0.3 is 0 Å². The maximum Gasteiger partial charge on any atom is 0.262 e. The number of halogens is 3. The third-order valence-corrected chi connectivity index (χ3v) is 7.55. The van der Waals surface area contributed by atoms with Gasteiger partial charge in [0.1, 0.15) is 5.88 Å². The second-order valence-corrected chi connectivity index (χ2v) is 9.66. The van der Waals surface area contributed by atoms with E-state index in [0.717, 1.165) is 0 Å². The van der Waals surface area contributed by atoms with Gasteiger partial charge in [0, 0.05) is 10.3 Å². The van der Waals surface area contributed by atoms with Gasteiger partial charge < -0.3 is 4.90 Å². The number of carbonyl (C=O) groups is 1. The number of thioether (sulfide) groups is 1. The first kappa shape index (κ1) is 17.4. The zero-order valence-electron chi connectivity index (χ0n) is 11.6. The number of sulfone groups is 1. The number of anilines is 1. The van der Waals surface area contributed by atoms with Crippen LogP contribution in [0.15, 0.2) is 23.2 Å². The average Bonchev–Trinajstić information content (AvgIpc) is 2.91. The van der Waals surface area contributed by atoms with Crippen LogP contribution in [-0.4, -0.2) is 48.2 Å². The predicted molar refractivity (Wildman–Crippen MR) is 95.9 cm³/mol. The number of hydrogen-bond donors (Lipinski definition) is 0. The molecule has 2 aliphatic heterocycles. The minimum absolute atomic E-state index is 0.00227. The minimum atomic E-state index is -3.12. The Morgan fingerprint density at radius 3 is 2.74 bits per heavy atom. The minimum Gasteiger partial charge on any atom is -0.314 e. The molecule has 2 atom stereocenters. The molecule has 0 bridgehead atoms. The molecule has 10 heteroatoms. The van der Waals surface area contributed by atoms with Crippen LogP contribution in [0.25, 0.3) is 0 Å². The summed E-state index contributed by atoms with van der Waals surface area (Å²) >= 11 is 19.0. The lowest BCUT2D eigenvalue weighted by atomic mass is 10.2. The molecule has 0 N–H and O–H groups in total. The van der Waals surface area contributed by atoms with Gasteiger partial charge in [0.2, 0.25) is 0 Å². The van der Waals surface area contributed by atoms with Crippen LogP contribution in [0.3, 0.4) is 0 Å². The van der Waals surface area contributed by atoms with Crippen LogP contribution in [0.1, 0.15) is 0 Å². The van der Waals surface area contributed by atoms with Gasteiger partial charge in [-0.15, -0.1) is 11.6 Å². The van der Waals surface area contributed by atoms with Gasteiger partial charge in [0.25, 0.3) is 5.91 Å². The number of rotatable bonds is 2. The SMILES string of the molecule is O=C(CCl)N=C1S[C@@H]2CS(=O)(=O)C[C@@H]2N1c1ccc(Cl)cc1Cl. The van der Waals surface area contributed by atoms with E-state index in [9.17, 15) is 13.2 Å². The third kappa shape index (κ3) is 3.49. The van der Waals surface area contributed by atoms with E-state index < -0.39 is 15.7 Å². The highest BCUT2D eigenvalue weighted by atomic mass is 35.5. The summed E-state index contributed by atoms with van der Waals surface area (Å²) in [4.78, 5) is 17.3. The highest BCUT2D eigenvalue weighted by molar-refractivity contribution is 8.16. The van der Waals surface area contributed by atoms with Crippen molar-refractivity contribution in [2.75, 3.05) is 22.3 Å². The molecule has 1 aromatic rings. The van der Waals surface area contributed by atoms with E-state index in [1.807, 2.05) is 0 Å². The summed E-state index contributed by atoms with van der Waals surface area (Å²) in [5.41, 5.74) is 0.578. The fourth-order valence-corrected chi connectivity index (χ4v) is 7.14. The zero-order valence-corrected chi connectivity index (χ0v) is 15.5. The Morgan fingerprint density at radius 2 is 2.09 bits per heavy atom. The van der Waals surface area contributed by atoms with E-state index in [4.69, 9.17) is 34.8 Å². The second kappa shape index (κ2) is 6.44. The summed E-state index contributed by atoms with van der Waals surface area (Å²) in [6.07, 6.45) is 0. The number of amidine groups is 1. The summed E-state index contributed by atoms with van der Waals surface area (Å²) in [5.74, 6) is -0.664. The molecule has 0 radical (unpaired) electrons. The Hall–Kier alpha value is -0.470. The highest BCUT2D eigenvalue weighted by Gasteiger charge is 2.49. The van der Waals surface area contributed by atoms with Crippen molar-refractivity contribution >= 4 is 73.2 Å². The molecule has 2 heterocycles. The Labute approximate surface area is 152 Å². The van der Waals surface area contributed by atoms with Crippen LogP contribution < -0.4 is 4.90 Å². The topological polar surface area (TPSA) is 66.8 Å². The standard InChI is InChI=1S/C13H11Cl3N2O3S2/c14-4-12(19)17-13-18(9-2-1-7(15)3-8(9)16)10-5-23(20,21)6-11(10)22-13/h1-3,10-11H,4-6H2/t10-,11+/m0/s1. The first-order valence-electron chi connectivity index (χ1n) is 6.59. The average molecular weight is 414 g/mol. The lowest BCUT2D eigenvalue weighted by molar-refractivity contribution is -0.115. The van der Waals surface area contributed by atoms with E-state index in [-0.39, 0.29) is 28.7 Å². The maximum absolute atomic E-state index is 11.9. The van der Waals surface area contributed by atoms with Crippen LogP contribution in [0.5, 0.6) is 0 Å². The monoisotopic (exact) mass is 412 g/mol. The first-order chi connectivity index (χ1) is 10.8. The molecule has 1 aromatic carbocycles. The fraction of sp³-hybridized carbons (Fsp3) is 0.385. The first-order valence-corrected chi connectivity index (χ1v) is 10.6. The highest BCUT2D eigenvalue weighted by Crippen LogP contribution is 2.43. The van der Waals surface area contributed by atoms with Gasteiger partial charge in [-0.3, -0.25) is 4.79 Å². The molecule has 2 fully saturated rings. The molecule has 0 spiro atoms. The Balaban J connectivity index is 2.06. The molecule has 0 aromatic heterocycles. The van der Waals surface area contributed by atoms with Crippen LogP contribution in [0.4, 0.5) is 5.69 Å². The zero-order chi connectivity index (χ0) is 16.8. The summed E-state index contributed by atoms with van der Waals surface area (Å²) in [6.45, 7) is 0. The molecule has 124 valence electrons. The van der Waals surface area contributed by atoms with Crippen molar-refractivity contribution < 1.29 is 13.2 Å². The molecule has 23 heavy (non-hydrogen) atoms. The van der Waals surface area contributed by atoms with E-state index in [2.05, 4.69) is 4.99 Å².